The molecular weight excluding hydrogens is 460 g/mol. The largest absolute Gasteiger partial charge is 0.497 e. The number of hydrogen-bond acceptors (Lipinski definition) is 8. The summed E-state index contributed by atoms with van der Waals surface area (Å²) in [7, 11) is 4.62. The van der Waals surface area contributed by atoms with Crippen molar-refractivity contribution < 1.29 is 33.6 Å². The lowest BCUT2D eigenvalue weighted by Gasteiger charge is -2.16. The van der Waals surface area contributed by atoms with Gasteiger partial charge in [-0.25, -0.2) is 9.79 Å². The fourth-order valence-electron chi connectivity index (χ4n) is 3.04. The van der Waals surface area contributed by atoms with Gasteiger partial charge in [0.05, 0.1) is 38.0 Å². The summed E-state index contributed by atoms with van der Waals surface area (Å²) < 4.78 is 21.3. The van der Waals surface area contributed by atoms with Crippen LogP contribution in [0.1, 0.15) is 12.5 Å². The Morgan fingerprint density at radius 1 is 1.15 bits per heavy atom. The van der Waals surface area contributed by atoms with E-state index < -0.39 is 12.1 Å². The Labute approximate surface area is 202 Å². The van der Waals surface area contributed by atoms with Crippen molar-refractivity contribution in [3.05, 3.63) is 52.9 Å². The van der Waals surface area contributed by atoms with E-state index in [2.05, 4.69) is 4.99 Å². The number of hydrogen-bond donors (Lipinski definition) is 1. The van der Waals surface area contributed by atoms with Crippen LogP contribution in [-0.2, 0) is 14.3 Å². The molecule has 1 N–H and O–H groups in total. The summed E-state index contributed by atoms with van der Waals surface area (Å²) in [5.74, 6) is -0.0482. The molecule has 10 heteroatoms. The number of carboxylic acids is 1. The highest BCUT2D eigenvalue weighted by atomic mass is 32.2. The predicted octanol–water partition coefficient (Wildman–Crippen LogP) is 3.81. The van der Waals surface area contributed by atoms with Gasteiger partial charge in [-0.15, -0.1) is 0 Å². The minimum Gasteiger partial charge on any atom is -0.497 e. The Morgan fingerprint density at radius 2 is 1.88 bits per heavy atom. The number of thioether (sulfide) groups is 1. The molecule has 1 fully saturated rings. The number of aliphatic carboxylic acids is 1. The minimum atomic E-state index is -1.12. The van der Waals surface area contributed by atoms with Gasteiger partial charge in [0.1, 0.15) is 5.75 Å². The van der Waals surface area contributed by atoms with E-state index in [0.717, 1.165) is 0 Å². The third kappa shape index (κ3) is 5.89. The summed E-state index contributed by atoms with van der Waals surface area (Å²) in [4.78, 5) is 31.1. The molecule has 34 heavy (non-hydrogen) atoms. The van der Waals surface area contributed by atoms with E-state index in [9.17, 15) is 14.7 Å². The van der Waals surface area contributed by atoms with Gasteiger partial charge in [0, 0.05) is 12.7 Å². The molecule has 9 nitrogen and oxygen atoms in total. The third-order valence-corrected chi connectivity index (χ3v) is 5.87. The zero-order valence-corrected chi connectivity index (χ0v) is 20.1. The number of nitrogens with zero attached hydrogens (tertiary/aromatic N) is 2. The molecule has 0 radical (unpaired) electrons. The molecule has 0 spiro atoms. The summed E-state index contributed by atoms with van der Waals surface area (Å²) in [5, 5.41) is 9.77. The lowest BCUT2D eigenvalue weighted by molar-refractivity contribution is -0.144. The van der Waals surface area contributed by atoms with Crippen LogP contribution in [-0.4, -0.2) is 67.6 Å². The van der Waals surface area contributed by atoms with Crippen molar-refractivity contribution >= 4 is 40.6 Å². The van der Waals surface area contributed by atoms with Gasteiger partial charge in [-0.1, -0.05) is 12.1 Å². The quantitative estimate of drug-likeness (QED) is 0.506. The second-order valence-electron chi connectivity index (χ2n) is 7.13. The second kappa shape index (κ2) is 11.6. The van der Waals surface area contributed by atoms with Crippen LogP contribution < -0.4 is 14.2 Å². The summed E-state index contributed by atoms with van der Waals surface area (Å²) in [6.45, 7) is 2.09. The Bertz CT molecular complexity index is 1100. The summed E-state index contributed by atoms with van der Waals surface area (Å²) >= 11 is 1.21. The second-order valence-corrected chi connectivity index (χ2v) is 8.14. The molecule has 0 unspecified atom stereocenters. The Hall–Kier alpha value is -3.50. The lowest BCUT2D eigenvalue weighted by Crippen LogP contribution is -2.32. The van der Waals surface area contributed by atoms with Crippen LogP contribution in [0.15, 0.2) is 52.4 Å². The normalized spacial score (nSPS) is 16.7. The van der Waals surface area contributed by atoms with Crippen LogP contribution in [0.25, 0.3) is 6.08 Å². The molecule has 1 amide bonds. The predicted molar refractivity (Wildman–Crippen MR) is 130 cm³/mol. The highest BCUT2D eigenvalue weighted by molar-refractivity contribution is 8.18. The smallest absolute Gasteiger partial charge is 0.344 e. The van der Waals surface area contributed by atoms with Crippen LogP contribution in [0.2, 0.25) is 0 Å². The van der Waals surface area contributed by atoms with Crippen molar-refractivity contribution in [1.82, 2.24) is 4.90 Å². The van der Waals surface area contributed by atoms with E-state index >= 15 is 0 Å². The zero-order valence-electron chi connectivity index (χ0n) is 19.3. The number of benzene rings is 2. The van der Waals surface area contributed by atoms with Crippen molar-refractivity contribution in [1.29, 1.82) is 0 Å². The van der Waals surface area contributed by atoms with Gasteiger partial charge in [-0.3, -0.25) is 9.69 Å². The lowest BCUT2D eigenvalue weighted by atomic mass is 10.1. The number of amides is 1. The van der Waals surface area contributed by atoms with Crippen molar-refractivity contribution in [3.8, 4) is 17.2 Å². The fourth-order valence-corrected chi connectivity index (χ4v) is 4.06. The van der Waals surface area contributed by atoms with Gasteiger partial charge < -0.3 is 24.1 Å². The summed E-state index contributed by atoms with van der Waals surface area (Å²) in [6.07, 6.45) is 0.543. The van der Waals surface area contributed by atoms with Gasteiger partial charge in [0.2, 0.25) is 0 Å². The number of ether oxygens (including phenoxy) is 4. The first-order valence-electron chi connectivity index (χ1n) is 10.4. The van der Waals surface area contributed by atoms with E-state index in [1.54, 1.807) is 67.7 Å². The standard InChI is InChI=1S/C24H26N2O7S/c1-15(23(28)29)33-21-16(6-5-7-19(21)32-4)14-20-22(27)26(12-13-30-2)24(34-20)25-17-8-10-18(31-3)11-9-17/h5-11,14-15H,12-13H2,1-4H3,(H,28,29)/b20-14-,25-24?/t15-/m1/s1. The molecule has 1 aliphatic rings. The first kappa shape index (κ1) is 25.1. The number of methoxy groups -OCH3 is 3. The first-order chi connectivity index (χ1) is 16.4. The molecule has 3 rings (SSSR count). The number of aliphatic imine (C=N–C) groups is 1. The molecule has 180 valence electrons. The molecule has 1 aliphatic heterocycles. The maximum Gasteiger partial charge on any atom is 0.344 e. The van der Waals surface area contributed by atoms with Crippen molar-refractivity contribution in [2.45, 2.75) is 13.0 Å². The number of amidine groups is 1. The molecule has 0 aromatic heterocycles. The van der Waals surface area contributed by atoms with Crippen molar-refractivity contribution in [2.24, 2.45) is 4.99 Å². The molecule has 2 aromatic rings. The summed E-state index contributed by atoms with van der Waals surface area (Å²) in [5.41, 5.74) is 1.18. The maximum atomic E-state index is 13.2. The van der Waals surface area contributed by atoms with Crippen LogP contribution >= 0.6 is 11.8 Å². The topological polar surface area (TPSA) is 107 Å². The minimum absolute atomic E-state index is 0.241. The van der Waals surface area contributed by atoms with Crippen LogP contribution in [0.3, 0.4) is 0 Å². The van der Waals surface area contributed by atoms with Gasteiger partial charge in [0.15, 0.2) is 22.8 Å². The highest BCUT2D eigenvalue weighted by Gasteiger charge is 2.33. The molecule has 1 saturated heterocycles. The van der Waals surface area contributed by atoms with E-state index in [-0.39, 0.29) is 11.7 Å². The monoisotopic (exact) mass is 486 g/mol. The average molecular weight is 487 g/mol. The molecular formula is C24H26N2O7S. The summed E-state index contributed by atoms with van der Waals surface area (Å²) in [6, 6.07) is 12.3. The number of carbonyl (C=O) groups is 2. The molecule has 2 aromatic carbocycles. The van der Waals surface area contributed by atoms with Gasteiger partial charge >= 0.3 is 5.97 Å². The third-order valence-electron chi connectivity index (χ3n) is 4.86. The highest BCUT2D eigenvalue weighted by Crippen LogP contribution is 2.38. The SMILES string of the molecule is COCCN1C(=O)/C(=C/c2cccc(OC)c2O[C@H](C)C(=O)O)SC1=Nc1ccc(OC)cc1. The van der Waals surface area contributed by atoms with Gasteiger partial charge in [-0.05, 0) is 55.1 Å². The van der Waals surface area contributed by atoms with Crippen molar-refractivity contribution in [3.63, 3.8) is 0 Å². The molecule has 1 heterocycles. The molecule has 1 atom stereocenters. The number of para-hydroxylation sites is 1. The zero-order chi connectivity index (χ0) is 24.7. The Kier molecular flexibility index (Phi) is 8.55. The van der Waals surface area contributed by atoms with E-state index in [4.69, 9.17) is 18.9 Å². The Morgan fingerprint density at radius 3 is 2.50 bits per heavy atom. The van der Waals surface area contributed by atoms with Crippen LogP contribution in [0.5, 0.6) is 17.2 Å². The van der Waals surface area contributed by atoms with E-state index in [1.807, 2.05) is 0 Å². The first-order valence-corrected chi connectivity index (χ1v) is 11.2. The van der Waals surface area contributed by atoms with E-state index in [1.165, 1.54) is 25.8 Å². The molecule has 0 saturated carbocycles. The fraction of sp³-hybridized carbons (Fsp3) is 0.292. The number of carboxylic acid groups (broad SMARTS) is 1. The maximum absolute atomic E-state index is 13.2. The molecule has 0 bridgehead atoms. The number of carbonyl (C=O) groups excluding carboxylic acids is 1. The van der Waals surface area contributed by atoms with Gasteiger partial charge in [-0.2, -0.15) is 0 Å². The van der Waals surface area contributed by atoms with Crippen LogP contribution in [0, 0.1) is 0 Å². The Balaban J connectivity index is 1.99. The number of rotatable bonds is 10. The van der Waals surface area contributed by atoms with Gasteiger partial charge in [0.25, 0.3) is 5.91 Å². The molecule has 0 aliphatic carbocycles. The van der Waals surface area contributed by atoms with Crippen LogP contribution in [0.4, 0.5) is 5.69 Å². The van der Waals surface area contributed by atoms with Crippen molar-refractivity contribution in [2.75, 3.05) is 34.5 Å². The average Bonchev–Trinajstić information content (AvgIpc) is 3.12. The van der Waals surface area contributed by atoms with E-state index in [0.29, 0.717) is 46.0 Å².